The van der Waals surface area contributed by atoms with Crippen LogP contribution in [0.3, 0.4) is 0 Å². The topological polar surface area (TPSA) is 65.1 Å². The largest absolute Gasteiger partial charge is 0.391 e. The molecule has 1 atom stereocenters. The second-order valence-corrected chi connectivity index (χ2v) is 5.20. The lowest BCUT2D eigenvalue weighted by atomic mass is 10.1. The van der Waals surface area contributed by atoms with Crippen molar-refractivity contribution in [1.29, 1.82) is 0 Å². The van der Waals surface area contributed by atoms with Crippen LogP contribution in [-0.2, 0) is 6.42 Å². The van der Waals surface area contributed by atoms with E-state index in [0.717, 1.165) is 10.0 Å². The van der Waals surface area contributed by atoms with Crippen LogP contribution in [0.4, 0.5) is 0 Å². The van der Waals surface area contributed by atoms with Crippen molar-refractivity contribution in [2.75, 3.05) is 6.54 Å². The van der Waals surface area contributed by atoms with Crippen molar-refractivity contribution < 1.29 is 9.90 Å². The van der Waals surface area contributed by atoms with Gasteiger partial charge < -0.3 is 15.4 Å². The van der Waals surface area contributed by atoms with E-state index in [1.807, 2.05) is 30.3 Å². The SMILES string of the molecule is O=C(NCC(O)Cc1ccccc1)c1cc(Br)c[nH]1. The van der Waals surface area contributed by atoms with Crippen molar-refractivity contribution in [3.05, 3.63) is 58.3 Å². The van der Waals surface area contributed by atoms with Gasteiger partial charge in [-0.25, -0.2) is 0 Å². The smallest absolute Gasteiger partial charge is 0.267 e. The van der Waals surface area contributed by atoms with Crippen molar-refractivity contribution in [3.63, 3.8) is 0 Å². The van der Waals surface area contributed by atoms with Crippen LogP contribution in [0.25, 0.3) is 0 Å². The molecule has 1 aromatic heterocycles. The van der Waals surface area contributed by atoms with Gasteiger partial charge in [0.15, 0.2) is 0 Å². The number of aromatic nitrogens is 1. The van der Waals surface area contributed by atoms with Crippen molar-refractivity contribution in [1.82, 2.24) is 10.3 Å². The van der Waals surface area contributed by atoms with E-state index >= 15 is 0 Å². The Kier molecular flexibility index (Phi) is 4.76. The molecule has 1 aromatic carbocycles. The maximum atomic E-state index is 11.7. The minimum atomic E-state index is -0.593. The lowest BCUT2D eigenvalue weighted by Crippen LogP contribution is -2.33. The van der Waals surface area contributed by atoms with Crippen LogP contribution in [0.2, 0.25) is 0 Å². The highest BCUT2D eigenvalue weighted by molar-refractivity contribution is 9.10. The Balaban J connectivity index is 1.80. The first-order chi connectivity index (χ1) is 9.15. The van der Waals surface area contributed by atoms with Crippen molar-refractivity contribution in [3.8, 4) is 0 Å². The highest BCUT2D eigenvalue weighted by atomic mass is 79.9. The van der Waals surface area contributed by atoms with Crippen molar-refractivity contribution in [2.24, 2.45) is 0 Å². The molecule has 0 bridgehead atoms. The third-order valence-electron chi connectivity index (χ3n) is 2.70. The molecule has 2 rings (SSSR count). The number of aromatic amines is 1. The number of H-pyrrole nitrogens is 1. The van der Waals surface area contributed by atoms with Crippen LogP contribution in [0.5, 0.6) is 0 Å². The van der Waals surface area contributed by atoms with Gasteiger partial charge in [-0.1, -0.05) is 30.3 Å². The van der Waals surface area contributed by atoms with Crippen LogP contribution in [0.15, 0.2) is 47.1 Å². The first-order valence-electron chi connectivity index (χ1n) is 5.99. The number of hydrogen-bond donors (Lipinski definition) is 3. The first kappa shape index (κ1) is 13.8. The lowest BCUT2D eigenvalue weighted by molar-refractivity contribution is 0.0911. The fraction of sp³-hybridized carbons (Fsp3) is 0.214. The number of aliphatic hydroxyl groups is 1. The summed E-state index contributed by atoms with van der Waals surface area (Å²) in [5.74, 6) is -0.224. The molecule has 100 valence electrons. The van der Waals surface area contributed by atoms with Gasteiger partial charge >= 0.3 is 0 Å². The van der Waals surface area contributed by atoms with Crippen molar-refractivity contribution in [2.45, 2.75) is 12.5 Å². The first-order valence-corrected chi connectivity index (χ1v) is 6.78. The van der Waals surface area contributed by atoms with Gasteiger partial charge in [0.1, 0.15) is 5.69 Å². The summed E-state index contributed by atoms with van der Waals surface area (Å²) in [5, 5.41) is 12.6. The third-order valence-corrected chi connectivity index (χ3v) is 3.16. The molecule has 0 aliphatic rings. The van der Waals surface area contributed by atoms with E-state index in [1.165, 1.54) is 0 Å². The summed E-state index contributed by atoms with van der Waals surface area (Å²) in [6, 6.07) is 11.4. The van der Waals surface area contributed by atoms with E-state index < -0.39 is 6.10 Å². The summed E-state index contributed by atoms with van der Waals surface area (Å²) < 4.78 is 0.822. The number of benzene rings is 1. The molecule has 5 heteroatoms. The number of rotatable bonds is 5. The second kappa shape index (κ2) is 6.54. The predicted molar refractivity (Wildman–Crippen MR) is 77.0 cm³/mol. The fourth-order valence-corrected chi connectivity index (χ4v) is 2.11. The van der Waals surface area contributed by atoms with Crippen LogP contribution in [0, 0.1) is 0 Å². The highest BCUT2D eigenvalue weighted by Gasteiger charge is 2.10. The fourth-order valence-electron chi connectivity index (χ4n) is 1.76. The molecule has 0 spiro atoms. The van der Waals surface area contributed by atoms with Crippen molar-refractivity contribution >= 4 is 21.8 Å². The van der Waals surface area contributed by atoms with E-state index in [2.05, 4.69) is 26.2 Å². The predicted octanol–water partition coefficient (Wildman–Crippen LogP) is 2.11. The van der Waals surface area contributed by atoms with E-state index in [4.69, 9.17) is 0 Å². The molecule has 2 aromatic rings. The van der Waals surface area contributed by atoms with Gasteiger partial charge in [-0.05, 0) is 27.6 Å². The summed E-state index contributed by atoms with van der Waals surface area (Å²) >= 11 is 3.26. The monoisotopic (exact) mass is 322 g/mol. The standard InChI is InChI=1S/C14H15BrN2O2/c15-11-7-13(16-8-11)14(19)17-9-12(18)6-10-4-2-1-3-5-10/h1-5,7-8,12,16,18H,6,9H2,(H,17,19). The number of hydrogen-bond acceptors (Lipinski definition) is 2. The highest BCUT2D eigenvalue weighted by Crippen LogP contribution is 2.10. The molecule has 1 heterocycles. The molecule has 0 fully saturated rings. The molecule has 0 saturated carbocycles. The van der Waals surface area contributed by atoms with Crippen LogP contribution >= 0.6 is 15.9 Å². The quantitative estimate of drug-likeness (QED) is 0.789. The zero-order chi connectivity index (χ0) is 13.7. The number of carbonyl (C=O) groups excluding carboxylic acids is 1. The Hall–Kier alpha value is -1.59. The summed E-state index contributed by atoms with van der Waals surface area (Å²) in [4.78, 5) is 14.6. The van der Waals surface area contributed by atoms with E-state index in [9.17, 15) is 9.90 Å². The molecule has 1 amide bonds. The van der Waals surface area contributed by atoms with Gasteiger partial charge in [-0.15, -0.1) is 0 Å². The molecular formula is C14H15BrN2O2. The van der Waals surface area contributed by atoms with Crippen LogP contribution in [0.1, 0.15) is 16.1 Å². The zero-order valence-electron chi connectivity index (χ0n) is 10.3. The number of amides is 1. The summed E-state index contributed by atoms with van der Waals surface area (Å²) in [6.45, 7) is 0.227. The molecule has 0 saturated heterocycles. The maximum absolute atomic E-state index is 11.7. The van der Waals surface area contributed by atoms with Gasteiger partial charge in [0, 0.05) is 23.6 Å². The van der Waals surface area contributed by atoms with Gasteiger partial charge in [0.2, 0.25) is 0 Å². The number of nitrogens with one attached hydrogen (secondary N) is 2. The zero-order valence-corrected chi connectivity index (χ0v) is 11.9. The van der Waals surface area contributed by atoms with E-state index in [1.54, 1.807) is 12.3 Å². The molecular weight excluding hydrogens is 308 g/mol. The average Bonchev–Trinajstić information content (AvgIpc) is 2.84. The molecule has 1 unspecified atom stereocenters. The van der Waals surface area contributed by atoms with Gasteiger partial charge in [0.25, 0.3) is 5.91 Å². The molecule has 0 radical (unpaired) electrons. The minimum absolute atomic E-state index is 0.224. The van der Waals surface area contributed by atoms with E-state index in [0.29, 0.717) is 12.1 Å². The summed E-state index contributed by atoms with van der Waals surface area (Å²) in [7, 11) is 0. The van der Waals surface area contributed by atoms with Gasteiger partial charge in [0.05, 0.1) is 6.10 Å². The van der Waals surface area contributed by atoms with Gasteiger partial charge in [-0.2, -0.15) is 0 Å². The normalized spacial score (nSPS) is 12.1. The van der Waals surface area contributed by atoms with Gasteiger partial charge in [-0.3, -0.25) is 4.79 Å². The average molecular weight is 323 g/mol. The molecule has 4 nitrogen and oxygen atoms in total. The maximum Gasteiger partial charge on any atom is 0.267 e. The Morgan fingerprint density at radius 1 is 1.37 bits per heavy atom. The molecule has 3 N–H and O–H groups in total. The Labute approximate surface area is 120 Å². The third kappa shape index (κ3) is 4.22. The summed E-state index contributed by atoms with van der Waals surface area (Å²) in [6.07, 6.45) is 1.62. The lowest BCUT2D eigenvalue weighted by Gasteiger charge is -2.11. The van der Waals surface area contributed by atoms with Crippen LogP contribution < -0.4 is 5.32 Å². The Bertz CT molecular complexity index is 539. The molecule has 0 aliphatic carbocycles. The Morgan fingerprint density at radius 2 is 2.11 bits per heavy atom. The molecule has 0 aliphatic heterocycles. The molecule has 19 heavy (non-hydrogen) atoms. The number of carbonyl (C=O) groups is 1. The second-order valence-electron chi connectivity index (χ2n) is 4.29. The minimum Gasteiger partial charge on any atom is -0.391 e. The van der Waals surface area contributed by atoms with Crippen LogP contribution in [-0.4, -0.2) is 28.6 Å². The van der Waals surface area contributed by atoms with E-state index in [-0.39, 0.29) is 12.5 Å². The Morgan fingerprint density at radius 3 is 2.74 bits per heavy atom. The number of aliphatic hydroxyl groups excluding tert-OH is 1. The number of halogens is 1. The summed E-state index contributed by atoms with van der Waals surface area (Å²) in [5.41, 5.74) is 1.52.